The van der Waals surface area contributed by atoms with Crippen molar-refractivity contribution < 1.29 is 19.0 Å². The van der Waals surface area contributed by atoms with E-state index in [1.807, 2.05) is 30.3 Å². The van der Waals surface area contributed by atoms with Gasteiger partial charge in [-0.3, -0.25) is 10.1 Å². The normalized spacial score (nSPS) is 10.3. The van der Waals surface area contributed by atoms with Gasteiger partial charge in [0.05, 0.1) is 20.8 Å². The predicted molar refractivity (Wildman–Crippen MR) is 103 cm³/mol. The molecular weight excluding hydrogens is 366 g/mol. The third kappa shape index (κ3) is 4.73. The summed E-state index contributed by atoms with van der Waals surface area (Å²) >= 11 is 1.30. The zero-order valence-electron chi connectivity index (χ0n) is 15.0. The number of benzene rings is 2. The molecular formula is C19H19N3O4S. The molecule has 3 rings (SSSR count). The molecule has 0 spiro atoms. The number of anilines is 1. The number of nitrogens with zero attached hydrogens (tertiary/aromatic N) is 2. The van der Waals surface area contributed by atoms with E-state index in [0.29, 0.717) is 35.2 Å². The van der Waals surface area contributed by atoms with E-state index in [9.17, 15) is 4.79 Å². The van der Waals surface area contributed by atoms with Gasteiger partial charge in [-0.15, -0.1) is 10.2 Å². The molecule has 7 nitrogen and oxygen atoms in total. The molecule has 27 heavy (non-hydrogen) atoms. The molecule has 0 unspecified atom stereocenters. The maximum absolute atomic E-state index is 12.6. The van der Waals surface area contributed by atoms with Gasteiger partial charge in [-0.05, 0) is 24.3 Å². The Balaban J connectivity index is 1.61. The van der Waals surface area contributed by atoms with Gasteiger partial charge < -0.3 is 14.2 Å². The van der Waals surface area contributed by atoms with E-state index in [1.165, 1.54) is 25.6 Å². The quantitative estimate of drug-likeness (QED) is 0.640. The summed E-state index contributed by atoms with van der Waals surface area (Å²) < 4.78 is 16.2. The van der Waals surface area contributed by atoms with E-state index in [4.69, 9.17) is 14.2 Å². The highest BCUT2D eigenvalue weighted by atomic mass is 32.1. The molecule has 1 amide bonds. The fraction of sp³-hybridized carbons (Fsp3) is 0.211. The number of methoxy groups -OCH3 is 2. The molecule has 140 valence electrons. The number of rotatable bonds is 8. The van der Waals surface area contributed by atoms with Gasteiger partial charge in [0.25, 0.3) is 5.91 Å². The molecule has 0 fully saturated rings. The minimum absolute atomic E-state index is 0.312. The number of ether oxygens (including phenoxy) is 3. The van der Waals surface area contributed by atoms with Gasteiger partial charge in [0.15, 0.2) is 0 Å². The second kappa shape index (κ2) is 9.00. The van der Waals surface area contributed by atoms with E-state index >= 15 is 0 Å². The summed E-state index contributed by atoms with van der Waals surface area (Å²) in [7, 11) is 3.00. The number of hydrogen-bond donors (Lipinski definition) is 1. The summed E-state index contributed by atoms with van der Waals surface area (Å²) in [6, 6.07) is 14.7. The Labute approximate surface area is 160 Å². The Hall–Kier alpha value is -3.13. The fourth-order valence-corrected chi connectivity index (χ4v) is 3.13. The minimum Gasteiger partial charge on any atom is -0.496 e. The second-order valence-corrected chi connectivity index (χ2v) is 6.47. The summed E-state index contributed by atoms with van der Waals surface area (Å²) in [5.41, 5.74) is 0.312. The van der Waals surface area contributed by atoms with E-state index in [0.717, 1.165) is 10.8 Å². The molecule has 0 bridgehead atoms. The van der Waals surface area contributed by atoms with Crippen molar-refractivity contribution in [3.63, 3.8) is 0 Å². The third-order valence-electron chi connectivity index (χ3n) is 3.67. The van der Waals surface area contributed by atoms with Gasteiger partial charge >= 0.3 is 0 Å². The average molecular weight is 385 g/mol. The van der Waals surface area contributed by atoms with E-state index in [-0.39, 0.29) is 5.91 Å². The van der Waals surface area contributed by atoms with Crippen LogP contribution in [0.2, 0.25) is 0 Å². The fourth-order valence-electron chi connectivity index (χ4n) is 2.41. The number of carbonyl (C=O) groups is 1. The number of para-hydroxylation sites is 1. The summed E-state index contributed by atoms with van der Waals surface area (Å²) in [4.78, 5) is 12.6. The summed E-state index contributed by atoms with van der Waals surface area (Å²) in [5, 5.41) is 12.0. The van der Waals surface area contributed by atoms with Gasteiger partial charge in [0, 0.05) is 6.42 Å². The molecule has 3 aromatic rings. The van der Waals surface area contributed by atoms with Gasteiger partial charge in [-0.2, -0.15) is 0 Å². The second-order valence-electron chi connectivity index (χ2n) is 5.40. The lowest BCUT2D eigenvalue weighted by atomic mass is 10.1. The van der Waals surface area contributed by atoms with Crippen molar-refractivity contribution in [2.75, 3.05) is 26.1 Å². The van der Waals surface area contributed by atoms with Crippen LogP contribution in [0.15, 0.2) is 48.5 Å². The van der Waals surface area contributed by atoms with Crippen LogP contribution >= 0.6 is 11.3 Å². The van der Waals surface area contributed by atoms with Crippen LogP contribution in [0.25, 0.3) is 0 Å². The van der Waals surface area contributed by atoms with E-state index < -0.39 is 0 Å². The topological polar surface area (TPSA) is 82.6 Å². The molecule has 1 heterocycles. The molecule has 0 saturated heterocycles. The van der Waals surface area contributed by atoms with Crippen molar-refractivity contribution in [2.45, 2.75) is 6.42 Å². The smallest absolute Gasteiger partial charge is 0.265 e. The summed E-state index contributed by atoms with van der Waals surface area (Å²) in [5.74, 6) is 1.28. The Bertz CT molecular complexity index is 877. The van der Waals surface area contributed by atoms with Gasteiger partial charge in [-0.25, -0.2) is 0 Å². The minimum atomic E-state index is -0.368. The maximum atomic E-state index is 12.6. The van der Waals surface area contributed by atoms with Crippen molar-refractivity contribution in [3.05, 3.63) is 59.1 Å². The predicted octanol–water partition coefficient (Wildman–Crippen LogP) is 3.43. The molecule has 2 aromatic carbocycles. The number of nitrogens with one attached hydrogen (secondary N) is 1. The molecule has 0 saturated carbocycles. The molecule has 1 aromatic heterocycles. The SMILES string of the molecule is COc1cccc(OC)c1C(=O)Nc1nnc(CCOc2ccccc2)s1. The first-order valence-electron chi connectivity index (χ1n) is 8.24. The monoisotopic (exact) mass is 385 g/mol. The van der Waals surface area contributed by atoms with Gasteiger partial charge in [0.2, 0.25) is 5.13 Å². The number of amides is 1. The van der Waals surface area contributed by atoms with Crippen molar-refractivity contribution in [2.24, 2.45) is 0 Å². The Morgan fingerprint density at radius 2 is 1.70 bits per heavy atom. The Morgan fingerprint density at radius 1 is 1.00 bits per heavy atom. The lowest BCUT2D eigenvalue weighted by molar-refractivity contribution is 0.102. The van der Waals surface area contributed by atoms with Crippen LogP contribution in [-0.2, 0) is 6.42 Å². The lowest BCUT2D eigenvalue weighted by Crippen LogP contribution is -2.14. The zero-order chi connectivity index (χ0) is 19.1. The van der Waals surface area contributed by atoms with Crippen molar-refractivity contribution in [1.29, 1.82) is 0 Å². The number of carbonyl (C=O) groups excluding carboxylic acids is 1. The zero-order valence-corrected chi connectivity index (χ0v) is 15.8. The average Bonchev–Trinajstić information content (AvgIpc) is 3.15. The van der Waals surface area contributed by atoms with Crippen LogP contribution in [0, 0.1) is 0 Å². The molecule has 0 aliphatic rings. The molecule has 0 aliphatic heterocycles. The Kier molecular flexibility index (Phi) is 6.22. The Morgan fingerprint density at radius 3 is 2.37 bits per heavy atom. The van der Waals surface area contributed by atoms with Crippen molar-refractivity contribution in [3.8, 4) is 17.2 Å². The highest BCUT2D eigenvalue weighted by Crippen LogP contribution is 2.29. The van der Waals surface area contributed by atoms with Gasteiger partial charge in [-0.1, -0.05) is 35.6 Å². The van der Waals surface area contributed by atoms with E-state index in [1.54, 1.807) is 18.2 Å². The first-order chi connectivity index (χ1) is 13.2. The number of aromatic nitrogens is 2. The van der Waals surface area contributed by atoms with Crippen LogP contribution in [0.4, 0.5) is 5.13 Å². The molecule has 0 aliphatic carbocycles. The largest absolute Gasteiger partial charge is 0.496 e. The van der Waals surface area contributed by atoms with Crippen LogP contribution < -0.4 is 19.5 Å². The molecule has 8 heteroatoms. The highest BCUT2D eigenvalue weighted by molar-refractivity contribution is 7.15. The molecule has 0 atom stereocenters. The molecule has 1 N–H and O–H groups in total. The summed E-state index contributed by atoms with van der Waals surface area (Å²) in [6.45, 7) is 0.479. The first-order valence-corrected chi connectivity index (χ1v) is 9.05. The van der Waals surface area contributed by atoms with Crippen molar-refractivity contribution >= 4 is 22.4 Å². The number of hydrogen-bond acceptors (Lipinski definition) is 7. The highest BCUT2D eigenvalue weighted by Gasteiger charge is 2.19. The first kappa shape index (κ1) is 18.7. The van der Waals surface area contributed by atoms with E-state index in [2.05, 4.69) is 15.5 Å². The van der Waals surface area contributed by atoms with Crippen molar-refractivity contribution in [1.82, 2.24) is 10.2 Å². The lowest BCUT2D eigenvalue weighted by Gasteiger charge is -2.11. The van der Waals surface area contributed by atoms with Crippen LogP contribution in [0.5, 0.6) is 17.2 Å². The summed E-state index contributed by atoms with van der Waals surface area (Å²) in [6.07, 6.45) is 0.598. The molecule has 0 radical (unpaired) electrons. The van der Waals surface area contributed by atoms with Crippen LogP contribution in [0.3, 0.4) is 0 Å². The van der Waals surface area contributed by atoms with Crippen LogP contribution in [-0.4, -0.2) is 36.9 Å². The van der Waals surface area contributed by atoms with Gasteiger partial charge in [0.1, 0.15) is 27.8 Å². The third-order valence-corrected chi connectivity index (χ3v) is 4.57. The maximum Gasteiger partial charge on any atom is 0.265 e. The van der Waals surface area contributed by atoms with Crippen LogP contribution in [0.1, 0.15) is 15.4 Å². The standard InChI is InChI=1S/C19H19N3O4S/c1-24-14-9-6-10-15(25-2)17(14)18(23)20-19-22-21-16(27-19)11-12-26-13-7-4-3-5-8-13/h3-10H,11-12H2,1-2H3,(H,20,22,23).